The number of nitrogens with zero attached hydrogens (tertiary/aromatic N) is 2. The number of rotatable bonds is 3. The lowest BCUT2D eigenvalue weighted by molar-refractivity contribution is 0.251. The topological polar surface area (TPSA) is 15.6 Å². The molecule has 2 aliphatic heterocycles. The maximum Gasteiger partial charge on any atom is 0.168 e. The lowest BCUT2D eigenvalue weighted by Gasteiger charge is -2.32. The fraction of sp³-hybridized carbons (Fsp3) is 0.750. The minimum absolute atomic E-state index is 0.411. The van der Waals surface area contributed by atoms with E-state index in [1.165, 1.54) is 5.70 Å². The fourth-order valence-electron chi connectivity index (χ4n) is 2.46. The number of hydrogen-bond donors (Lipinski definition) is 0. The van der Waals surface area contributed by atoms with Crippen LogP contribution in [0.3, 0.4) is 0 Å². The molecule has 1 unspecified atom stereocenters. The van der Waals surface area contributed by atoms with Gasteiger partial charge in [-0.15, -0.1) is 11.6 Å². The van der Waals surface area contributed by atoms with Crippen molar-refractivity contribution in [2.45, 2.75) is 39.8 Å². The van der Waals surface area contributed by atoms with Crippen molar-refractivity contribution >= 4 is 28.5 Å². The highest BCUT2D eigenvalue weighted by molar-refractivity contribution is 8.16. The second-order valence-electron chi connectivity index (χ2n) is 5.11. The van der Waals surface area contributed by atoms with Gasteiger partial charge in [-0.25, -0.2) is 0 Å². The van der Waals surface area contributed by atoms with E-state index in [1.807, 2.05) is 0 Å². The number of thioether (sulfide) groups is 1. The third kappa shape index (κ3) is 1.88. The van der Waals surface area contributed by atoms with Gasteiger partial charge in [-0.05, 0) is 17.2 Å². The van der Waals surface area contributed by atoms with Crippen LogP contribution < -0.4 is 0 Å². The SMILES string of the molecule is CC(C)C1N=C2SC=C(CCl)N2[C@H]1C(C)C. The fourth-order valence-corrected chi connectivity index (χ4v) is 3.73. The van der Waals surface area contributed by atoms with Gasteiger partial charge in [0.1, 0.15) is 0 Å². The van der Waals surface area contributed by atoms with Gasteiger partial charge in [-0.3, -0.25) is 4.99 Å². The molecule has 0 N–H and O–H groups in total. The highest BCUT2D eigenvalue weighted by atomic mass is 35.5. The van der Waals surface area contributed by atoms with Crippen LogP contribution in [0.15, 0.2) is 16.1 Å². The Balaban J connectivity index is 2.28. The first kappa shape index (κ1) is 12.3. The van der Waals surface area contributed by atoms with Crippen molar-refractivity contribution in [3.05, 3.63) is 11.1 Å². The van der Waals surface area contributed by atoms with Crippen LogP contribution in [-0.2, 0) is 0 Å². The lowest BCUT2D eigenvalue weighted by Crippen LogP contribution is -2.42. The molecule has 90 valence electrons. The van der Waals surface area contributed by atoms with Gasteiger partial charge in [0, 0.05) is 5.70 Å². The summed E-state index contributed by atoms with van der Waals surface area (Å²) >= 11 is 7.71. The lowest BCUT2D eigenvalue weighted by atomic mass is 9.89. The molecule has 0 aromatic carbocycles. The molecule has 0 aromatic rings. The van der Waals surface area contributed by atoms with Crippen LogP contribution in [0.25, 0.3) is 0 Å². The number of amidine groups is 1. The van der Waals surface area contributed by atoms with E-state index in [4.69, 9.17) is 16.6 Å². The molecule has 0 fully saturated rings. The Morgan fingerprint density at radius 1 is 1.38 bits per heavy atom. The van der Waals surface area contributed by atoms with E-state index in [-0.39, 0.29) is 0 Å². The molecule has 0 amide bonds. The van der Waals surface area contributed by atoms with Gasteiger partial charge < -0.3 is 4.90 Å². The van der Waals surface area contributed by atoms with Gasteiger partial charge in [0.2, 0.25) is 0 Å². The number of alkyl halides is 1. The van der Waals surface area contributed by atoms with Crippen molar-refractivity contribution < 1.29 is 0 Å². The maximum atomic E-state index is 5.99. The summed E-state index contributed by atoms with van der Waals surface area (Å²) in [5.74, 6) is 1.77. The molecule has 2 heterocycles. The van der Waals surface area contributed by atoms with Crippen LogP contribution in [0.2, 0.25) is 0 Å². The second-order valence-corrected chi connectivity index (χ2v) is 6.22. The van der Waals surface area contributed by atoms with Crippen molar-refractivity contribution in [3.63, 3.8) is 0 Å². The molecule has 2 nitrogen and oxygen atoms in total. The monoisotopic (exact) mass is 258 g/mol. The van der Waals surface area contributed by atoms with Crippen molar-refractivity contribution in [1.29, 1.82) is 0 Å². The van der Waals surface area contributed by atoms with Gasteiger partial charge in [0.15, 0.2) is 5.17 Å². The first-order chi connectivity index (χ1) is 7.56. The first-order valence-electron chi connectivity index (χ1n) is 5.85. The van der Waals surface area contributed by atoms with Gasteiger partial charge in [-0.2, -0.15) is 0 Å². The zero-order chi connectivity index (χ0) is 11.9. The minimum Gasteiger partial charge on any atom is -0.317 e. The number of aliphatic imine (C=N–C) groups is 1. The number of halogens is 1. The second kappa shape index (κ2) is 4.61. The minimum atomic E-state index is 0.411. The van der Waals surface area contributed by atoms with Gasteiger partial charge in [-0.1, -0.05) is 39.5 Å². The van der Waals surface area contributed by atoms with Crippen LogP contribution in [-0.4, -0.2) is 28.0 Å². The first-order valence-corrected chi connectivity index (χ1v) is 7.26. The highest BCUT2D eigenvalue weighted by Gasteiger charge is 2.43. The molecule has 0 saturated heterocycles. The summed E-state index contributed by atoms with van der Waals surface area (Å²) in [5, 5.41) is 3.28. The average Bonchev–Trinajstić information content (AvgIpc) is 2.73. The summed E-state index contributed by atoms with van der Waals surface area (Å²) < 4.78 is 0. The summed E-state index contributed by atoms with van der Waals surface area (Å²) in [7, 11) is 0. The molecule has 0 spiro atoms. The smallest absolute Gasteiger partial charge is 0.168 e. The predicted octanol–water partition coefficient (Wildman–Crippen LogP) is 3.53. The van der Waals surface area contributed by atoms with Gasteiger partial charge in [0.05, 0.1) is 18.0 Å². The van der Waals surface area contributed by atoms with E-state index < -0.39 is 0 Å². The Morgan fingerprint density at radius 2 is 2.06 bits per heavy atom. The molecular formula is C12H19ClN2S. The van der Waals surface area contributed by atoms with Crippen LogP contribution in [0.5, 0.6) is 0 Å². The summed E-state index contributed by atoms with van der Waals surface area (Å²) in [6.07, 6.45) is 0. The van der Waals surface area contributed by atoms with Crippen molar-refractivity contribution in [2.75, 3.05) is 5.88 Å². The Hall–Kier alpha value is -0.150. The van der Waals surface area contributed by atoms with Gasteiger partial charge >= 0.3 is 0 Å². The summed E-state index contributed by atoms with van der Waals surface area (Å²) in [4.78, 5) is 7.20. The Labute approximate surface area is 107 Å². The molecule has 2 rings (SSSR count). The Kier molecular flexibility index (Phi) is 3.55. The third-order valence-electron chi connectivity index (χ3n) is 3.23. The standard InChI is InChI=1S/C12H19ClN2S/c1-7(2)10-11(8(3)4)15-9(5-13)6-16-12(15)14-10/h6-8,10-11H,5H2,1-4H3/t10?,11-/m0/s1. The van der Waals surface area contributed by atoms with E-state index in [0.29, 0.717) is 29.8 Å². The maximum absolute atomic E-state index is 5.99. The predicted molar refractivity (Wildman–Crippen MR) is 72.9 cm³/mol. The number of hydrogen-bond acceptors (Lipinski definition) is 3. The normalized spacial score (nSPS) is 28.8. The van der Waals surface area contributed by atoms with E-state index >= 15 is 0 Å². The molecule has 0 bridgehead atoms. The molecule has 4 heteroatoms. The van der Waals surface area contributed by atoms with Crippen molar-refractivity contribution in [1.82, 2.24) is 4.90 Å². The molecular weight excluding hydrogens is 240 g/mol. The van der Waals surface area contributed by atoms with Crippen LogP contribution in [0, 0.1) is 11.8 Å². The third-order valence-corrected chi connectivity index (χ3v) is 4.40. The highest BCUT2D eigenvalue weighted by Crippen LogP contribution is 2.40. The van der Waals surface area contributed by atoms with E-state index in [1.54, 1.807) is 11.8 Å². The summed E-state index contributed by atoms with van der Waals surface area (Å²) in [5.41, 5.74) is 1.22. The molecule has 16 heavy (non-hydrogen) atoms. The van der Waals surface area contributed by atoms with Crippen LogP contribution >= 0.6 is 23.4 Å². The van der Waals surface area contributed by atoms with E-state index in [2.05, 4.69) is 38.0 Å². The number of fused-ring (bicyclic) bond motifs is 1. The Morgan fingerprint density at radius 3 is 2.56 bits per heavy atom. The molecule has 0 radical (unpaired) electrons. The molecule has 0 aromatic heterocycles. The van der Waals surface area contributed by atoms with Crippen LogP contribution in [0.4, 0.5) is 0 Å². The van der Waals surface area contributed by atoms with E-state index in [9.17, 15) is 0 Å². The Bertz CT molecular complexity index is 336. The van der Waals surface area contributed by atoms with Gasteiger partial charge in [0.25, 0.3) is 0 Å². The molecule has 0 saturated carbocycles. The zero-order valence-corrected chi connectivity index (χ0v) is 11.8. The van der Waals surface area contributed by atoms with Crippen molar-refractivity contribution in [3.8, 4) is 0 Å². The molecule has 0 aliphatic carbocycles. The van der Waals surface area contributed by atoms with E-state index in [0.717, 1.165) is 5.17 Å². The quantitative estimate of drug-likeness (QED) is 0.720. The molecule has 2 atom stereocenters. The van der Waals surface area contributed by atoms with Crippen LogP contribution in [0.1, 0.15) is 27.7 Å². The largest absolute Gasteiger partial charge is 0.317 e. The number of allylic oxidation sites excluding steroid dienone is 1. The summed E-state index contributed by atoms with van der Waals surface area (Å²) in [6, 6.07) is 0.893. The molecule has 2 aliphatic rings. The zero-order valence-electron chi connectivity index (χ0n) is 10.3. The average molecular weight is 259 g/mol. The van der Waals surface area contributed by atoms with Crippen molar-refractivity contribution in [2.24, 2.45) is 16.8 Å². The summed E-state index contributed by atoms with van der Waals surface area (Å²) in [6.45, 7) is 9.04.